The van der Waals surface area contributed by atoms with Gasteiger partial charge in [0.15, 0.2) is 5.82 Å². The number of esters is 1. The summed E-state index contributed by atoms with van der Waals surface area (Å²) in [6, 6.07) is 0.535. The van der Waals surface area contributed by atoms with Crippen molar-refractivity contribution < 1.29 is 9.53 Å². The molecular formula is C10H15N3O2S. The van der Waals surface area contributed by atoms with Crippen LogP contribution in [-0.2, 0) is 4.74 Å². The second-order valence-corrected chi connectivity index (χ2v) is 4.51. The molecule has 1 saturated carbocycles. The zero-order valence-electron chi connectivity index (χ0n) is 9.40. The molecule has 0 unspecified atom stereocenters. The normalized spacial score (nSPS) is 14.9. The monoisotopic (exact) mass is 241 g/mol. The molecule has 1 aromatic heterocycles. The maximum absolute atomic E-state index is 11.6. The van der Waals surface area contributed by atoms with E-state index in [9.17, 15) is 4.79 Å². The first-order valence-corrected chi connectivity index (χ1v) is 6.06. The lowest BCUT2D eigenvalue weighted by molar-refractivity contribution is 0.0603. The zero-order valence-corrected chi connectivity index (χ0v) is 10.2. The third kappa shape index (κ3) is 1.84. The first-order chi connectivity index (χ1) is 7.69. The Bertz CT molecular complexity index is 401. The van der Waals surface area contributed by atoms with Crippen molar-refractivity contribution in [2.24, 2.45) is 0 Å². The number of nitrogen functional groups attached to an aromatic ring is 1. The van der Waals surface area contributed by atoms with Gasteiger partial charge in [-0.05, 0) is 31.3 Å². The van der Waals surface area contributed by atoms with Gasteiger partial charge in [0.25, 0.3) is 0 Å². The van der Waals surface area contributed by atoms with E-state index in [1.807, 2.05) is 0 Å². The summed E-state index contributed by atoms with van der Waals surface area (Å²) in [5, 5.41) is 0.842. The highest BCUT2D eigenvalue weighted by molar-refractivity contribution is 7.11. The van der Waals surface area contributed by atoms with E-state index in [2.05, 4.69) is 16.2 Å². The van der Waals surface area contributed by atoms with E-state index in [0.717, 1.165) is 11.5 Å². The van der Waals surface area contributed by atoms with Crippen LogP contribution in [0.2, 0.25) is 0 Å². The van der Waals surface area contributed by atoms with Crippen LogP contribution in [0.15, 0.2) is 0 Å². The van der Waals surface area contributed by atoms with Crippen LogP contribution in [0.5, 0.6) is 0 Å². The molecule has 1 aliphatic rings. The molecule has 0 amide bonds. The number of carbonyl (C=O) groups is 1. The third-order valence-corrected chi connectivity index (χ3v) is 3.58. The van der Waals surface area contributed by atoms with Crippen LogP contribution in [-0.4, -0.2) is 30.0 Å². The molecule has 16 heavy (non-hydrogen) atoms. The Morgan fingerprint density at radius 3 is 2.88 bits per heavy atom. The molecule has 1 aliphatic carbocycles. The van der Waals surface area contributed by atoms with Crippen LogP contribution in [0.25, 0.3) is 0 Å². The van der Waals surface area contributed by atoms with Gasteiger partial charge in [-0.25, -0.2) is 4.79 Å². The maximum Gasteiger partial charge on any atom is 0.344 e. The molecule has 1 fully saturated rings. The number of nitrogens with zero attached hydrogens (tertiary/aromatic N) is 2. The van der Waals surface area contributed by atoms with Gasteiger partial charge in [-0.15, -0.1) is 0 Å². The van der Waals surface area contributed by atoms with Crippen molar-refractivity contribution in [1.82, 2.24) is 4.37 Å². The van der Waals surface area contributed by atoms with E-state index in [1.54, 1.807) is 0 Å². The molecule has 2 N–H and O–H groups in total. The van der Waals surface area contributed by atoms with Gasteiger partial charge in [0.05, 0.1) is 7.11 Å². The van der Waals surface area contributed by atoms with Crippen molar-refractivity contribution in [3.05, 3.63) is 5.56 Å². The summed E-state index contributed by atoms with van der Waals surface area (Å²) >= 11 is 1.27. The molecule has 2 rings (SSSR count). The maximum atomic E-state index is 11.6. The molecule has 0 aromatic carbocycles. The SMILES string of the molecule is CCN(c1snc(N)c1C(=O)OC)C1CC1. The van der Waals surface area contributed by atoms with Crippen LogP contribution < -0.4 is 10.6 Å². The number of ether oxygens (including phenoxy) is 1. The Hall–Kier alpha value is -1.30. The van der Waals surface area contributed by atoms with Crippen molar-refractivity contribution in [3.63, 3.8) is 0 Å². The van der Waals surface area contributed by atoms with E-state index in [-0.39, 0.29) is 5.82 Å². The van der Waals surface area contributed by atoms with Gasteiger partial charge in [0.2, 0.25) is 0 Å². The standard InChI is InChI=1S/C10H15N3O2S/c1-3-13(6-4-5-6)9-7(10(14)15-2)8(11)12-16-9/h6H,3-5H2,1-2H3,(H2,11,12). The highest BCUT2D eigenvalue weighted by Crippen LogP contribution is 2.38. The molecule has 0 bridgehead atoms. The highest BCUT2D eigenvalue weighted by atomic mass is 32.1. The van der Waals surface area contributed by atoms with Gasteiger partial charge in [0, 0.05) is 12.6 Å². The van der Waals surface area contributed by atoms with Crippen LogP contribution in [0, 0.1) is 0 Å². The average Bonchev–Trinajstić information content (AvgIpc) is 3.04. The Labute approximate surface area is 98.4 Å². The molecule has 0 atom stereocenters. The topological polar surface area (TPSA) is 68.5 Å². The lowest BCUT2D eigenvalue weighted by Gasteiger charge is -2.21. The van der Waals surface area contributed by atoms with Crippen LogP contribution >= 0.6 is 11.5 Å². The van der Waals surface area contributed by atoms with Crippen LogP contribution in [0.3, 0.4) is 0 Å². The molecule has 1 aromatic rings. The lowest BCUT2D eigenvalue weighted by atomic mass is 10.3. The number of methoxy groups -OCH3 is 1. The molecule has 0 radical (unpaired) electrons. The second-order valence-electron chi connectivity index (χ2n) is 3.76. The first-order valence-electron chi connectivity index (χ1n) is 5.29. The predicted molar refractivity (Wildman–Crippen MR) is 63.9 cm³/mol. The van der Waals surface area contributed by atoms with Gasteiger partial charge in [-0.1, -0.05) is 0 Å². The summed E-state index contributed by atoms with van der Waals surface area (Å²) in [6.45, 7) is 2.92. The van der Waals surface area contributed by atoms with Gasteiger partial charge in [-0.3, -0.25) is 0 Å². The van der Waals surface area contributed by atoms with E-state index in [0.29, 0.717) is 11.6 Å². The van der Waals surface area contributed by atoms with Crippen molar-refractivity contribution in [1.29, 1.82) is 0 Å². The first kappa shape index (κ1) is 11.2. The number of carbonyl (C=O) groups excluding carboxylic acids is 1. The Kier molecular flexibility index (Phi) is 3.00. The van der Waals surface area contributed by atoms with Crippen molar-refractivity contribution >= 4 is 28.3 Å². The average molecular weight is 241 g/mol. The van der Waals surface area contributed by atoms with Crippen molar-refractivity contribution in [3.8, 4) is 0 Å². The summed E-state index contributed by atoms with van der Waals surface area (Å²) in [7, 11) is 1.36. The quantitative estimate of drug-likeness (QED) is 0.809. The molecule has 88 valence electrons. The Morgan fingerprint density at radius 2 is 2.38 bits per heavy atom. The molecule has 6 heteroatoms. The second kappa shape index (κ2) is 4.29. The van der Waals surface area contributed by atoms with Gasteiger partial charge < -0.3 is 15.4 Å². The molecule has 0 aliphatic heterocycles. The minimum Gasteiger partial charge on any atom is -0.465 e. The fourth-order valence-electron chi connectivity index (χ4n) is 1.74. The highest BCUT2D eigenvalue weighted by Gasteiger charge is 2.33. The Balaban J connectivity index is 2.35. The molecule has 0 spiro atoms. The number of rotatable bonds is 4. The summed E-state index contributed by atoms with van der Waals surface area (Å²) in [5.74, 6) is -0.133. The predicted octanol–water partition coefficient (Wildman–Crippen LogP) is 1.50. The number of nitrogens with two attached hydrogens (primary N) is 1. The summed E-state index contributed by atoms with van der Waals surface area (Å²) in [5.41, 5.74) is 6.12. The zero-order chi connectivity index (χ0) is 11.7. The number of aromatic nitrogens is 1. The van der Waals surface area contributed by atoms with E-state index >= 15 is 0 Å². The number of hydrogen-bond donors (Lipinski definition) is 1. The number of anilines is 2. The molecule has 1 heterocycles. The summed E-state index contributed by atoms with van der Waals surface area (Å²) < 4.78 is 8.77. The smallest absolute Gasteiger partial charge is 0.344 e. The molecular weight excluding hydrogens is 226 g/mol. The Morgan fingerprint density at radius 1 is 1.69 bits per heavy atom. The fraction of sp³-hybridized carbons (Fsp3) is 0.600. The minimum atomic E-state index is -0.402. The lowest BCUT2D eigenvalue weighted by Crippen LogP contribution is -2.26. The van der Waals surface area contributed by atoms with Crippen molar-refractivity contribution in [2.45, 2.75) is 25.8 Å². The van der Waals surface area contributed by atoms with Crippen LogP contribution in [0.4, 0.5) is 10.8 Å². The minimum absolute atomic E-state index is 0.269. The van der Waals surface area contributed by atoms with Crippen molar-refractivity contribution in [2.75, 3.05) is 24.3 Å². The molecule has 5 nitrogen and oxygen atoms in total. The van der Waals surface area contributed by atoms with Gasteiger partial charge in [-0.2, -0.15) is 4.37 Å². The van der Waals surface area contributed by atoms with Gasteiger partial charge in [0.1, 0.15) is 10.6 Å². The van der Waals surface area contributed by atoms with Gasteiger partial charge >= 0.3 is 5.97 Å². The summed E-state index contributed by atoms with van der Waals surface area (Å²) in [4.78, 5) is 13.8. The molecule has 0 saturated heterocycles. The number of hydrogen-bond acceptors (Lipinski definition) is 6. The van der Waals surface area contributed by atoms with E-state index in [1.165, 1.54) is 31.5 Å². The fourth-order valence-corrected chi connectivity index (χ4v) is 2.68. The van der Waals surface area contributed by atoms with E-state index in [4.69, 9.17) is 10.5 Å². The summed E-state index contributed by atoms with van der Waals surface area (Å²) in [6.07, 6.45) is 2.35. The van der Waals surface area contributed by atoms with Crippen LogP contribution in [0.1, 0.15) is 30.1 Å². The third-order valence-electron chi connectivity index (χ3n) is 2.68. The van der Waals surface area contributed by atoms with E-state index < -0.39 is 5.97 Å². The largest absolute Gasteiger partial charge is 0.465 e.